The molecular weight excluding hydrogens is 752 g/mol. The summed E-state index contributed by atoms with van der Waals surface area (Å²) >= 11 is 17.9. The number of aromatic nitrogens is 2. The Morgan fingerprint density at radius 2 is 0.920 bits per heavy atom. The van der Waals surface area contributed by atoms with E-state index in [2.05, 4.69) is 20.6 Å². The van der Waals surface area contributed by atoms with Crippen molar-refractivity contribution in [3.63, 3.8) is 0 Å². The molecule has 0 aliphatic heterocycles. The number of ether oxygens (including phenoxy) is 2. The van der Waals surface area contributed by atoms with Crippen molar-refractivity contribution in [1.29, 1.82) is 0 Å². The summed E-state index contributed by atoms with van der Waals surface area (Å²) in [6, 6.07) is 32.7. The minimum Gasteiger partial charge on any atom is -0.457 e. The van der Waals surface area contributed by atoms with Gasteiger partial charge in [-0.05, 0) is 109 Å². The fourth-order valence-electron chi connectivity index (χ4n) is 4.59. The molecule has 2 heterocycles. The number of nitrogens with one attached hydrogen (secondary N) is 2. The number of hydrogen-bond donors (Lipinski definition) is 2. The largest absolute Gasteiger partial charge is 0.457 e. The molecule has 50 heavy (non-hydrogen) atoms. The van der Waals surface area contributed by atoms with Gasteiger partial charge in [-0.2, -0.15) is 0 Å². The molecule has 14 heteroatoms. The fraction of sp³-hybridized carbons (Fsp3) is 0.0556. The first-order valence-corrected chi connectivity index (χ1v) is 19.3. The summed E-state index contributed by atoms with van der Waals surface area (Å²) < 4.78 is 15.6. The molecule has 0 bridgehead atoms. The number of hydrogen-bond acceptors (Lipinski definition) is 10. The number of benzene rings is 5. The third kappa shape index (κ3) is 9.08. The number of fused-ring (bicyclic) bond motifs is 2. The van der Waals surface area contributed by atoms with Gasteiger partial charge in [0.15, 0.2) is 8.68 Å². The van der Waals surface area contributed by atoms with Gasteiger partial charge in [0.1, 0.15) is 23.0 Å². The van der Waals surface area contributed by atoms with E-state index < -0.39 is 0 Å². The van der Waals surface area contributed by atoms with Gasteiger partial charge in [-0.25, -0.2) is 9.97 Å². The lowest BCUT2D eigenvalue weighted by Crippen LogP contribution is -2.13. The first-order valence-electron chi connectivity index (χ1n) is 14.9. The third-order valence-corrected chi connectivity index (χ3v) is 11.7. The van der Waals surface area contributed by atoms with Crippen LogP contribution in [0.3, 0.4) is 0 Å². The summed E-state index contributed by atoms with van der Waals surface area (Å²) in [6.45, 7) is 0. The van der Waals surface area contributed by atoms with Gasteiger partial charge in [-0.1, -0.05) is 46.7 Å². The summed E-state index contributed by atoms with van der Waals surface area (Å²) in [6.07, 6.45) is 0. The number of anilines is 2. The van der Waals surface area contributed by atoms with E-state index >= 15 is 0 Å². The second kappa shape index (κ2) is 15.7. The number of thiazole rings is 2. The zero-order valence-corrected chi connectivity index (χ0v) is 30.5. The van der Waals surface area contributed by atoms with E-state index in [1.807, 2.05) is 60.7 Å². The molecule has 5 aromatic carbocycles. The van der Waals surface area contributed by atoms with Crippen LogP contribution in [-0.2, 0) is 9.59 Å². The van der Waals surface area contributed by atoms with E-state index in [1.54, 1.807) is 48.5 Å². The molecule has 0 aliphatic carbocycles. The van der Waals surface area contributed by atoms with Gasteiger partial charge in [-0.3, -0.25) is 9.59 Å². The molecule has 8 nitrogen and oxygen atoms in total. The second-order valence-corrected chi connectivity index (χ2v) is 16.0. The maximum atomic E-state index is 12.5. The highest BCUT2D eigenvalue weighted by Gasteiger charge is 2.11. The van der Waals surface area contributed by atoms with Gasteiger partial charge in [0.05, 0.1) is 31.9 Å². The highest BCUT2D eigenvalue weighted by Crippen LogP contribution is 2.33. The highest BCUT2D eigenvalue weighted by atomic mass is 35.5. The Balaban J connectivity index is 0.842. The summed E-state index contributed by atoms with van der Waals surface area (Å²) in [4.78, 5) is 34.1. The van der Waals surface area contributed by atoms with Gasteiger partial charge in [0.25, 0.3) is 0 Å². The van der Waals surface area contributed by atoms with Crippen LogP contribution in [0.25, 0.3) is 20.4 Å². The molecule has 0 saturated carbocycles. The van der Waals surface area contributed by atoms with E-state index in [4.69, 9.17) is 32.7 Å². The first-order chi connectivity index (χ1) is 24.3. The third-order valence-electron chi connectivity index (χ3n) is 6.88. The van der Waals surface area contributed by atoms with Crippen molar-refractivity contribution >= 4 is 113 Å². The second-order valence-electron chi connectivity index (χ2n) is 10.6. The number of rotatable bonds is 12. The molecule has 0 unspecified atom stereocenters. The summed E-state index contributed by atoms with van der Waals surface area (Å²) in [7, 11) is 0. The lowest BCUT2D eigenvalue weighted by atomic mass is 10.3. The van der Waals surface area contributed by atoms with Gasteiger partial charge in [0, 0.05) is 21.4 Å². The maximum absolute atomic E-state index is 12.5. The molecule has 0 aliphatic rings. The van der Waals surface area contributed by atoms with Crippen molar-refractivity contribution in [1.82, 2.24) is 9.97 Å². The minimum absolute atomic E-state index is 0.127. The number of nitrogens with zero attached hydrogens (tertiary/aromatic N) is 2. The number of carbonyl (C=O) groups excluding carboxylic acids is 2. The fourth-order valence-corrected chi connectivity index (χ4v) is 8.62. The van der Waals surface area contributed by atoms with Crippen molar-refractivity contribution in [3.05, 3.63) is 119 Å². The van der Waals surface area contributed by atoms with Crippen LogP contribution in [0, 0.1) is 0 Å². The molecule has 2 amide bonds. The average molecular weight is 776 g/mol. The summed E-state index contributed by atoms with van der Waals surface area (Å²) in [5, 5.41) is 7.08. The Labute approximate surface area is 313 Å². The molecule has 7 rings (SSSR count). The Bertz CT molecular complexity index is 2130. The molecule has 0 spiro atoms. The summed E-state index contributed by atoms with van der Waals surface area (Å²) in [5.41, 5.74) is 3.00. The van der Waals surface area contributed by atoms with Crippen LogP contribution in [0.5, 0.6) is 23.0 Å². The normalized spacial score (nSPS) is 11.1. The van der Waals surface area contributed by atoms with Crippen LogP contribution in [0.4, 0.5) is 11.4 Å². The minimum atomic E-state index is -0.127. The van der Waals surface area contributed by atoms with E-state index in [-0.39, 0.29) is 23.3 Å². The van der Waals surface area contributed by atoms with Gasteiger partial charge in [0.2, 0.25) is 11.8 Å². The van der Waals surface area contributed by atoms with E-state index in [1.165, 1.54) is 46.2 Å². The van der Waals surface area contributed by atoms with Crippen molar-refractivity contribution in [2.24, 2.45) is 0 Å². The molecule has 7 aromatic rings. The smallest absolute Gasteiger partial charge is 0.234 e. The Kier molecular flexibility index (Phi) is 10.7. The molecule has 0 saturated heterocycles. The van der Waals surface area contributed by atoms with Crippen molar-refractivity contribution < 1.29 is 19.1 Å². The standard InChI is InChI=1S/C36H24Cl2N4O4S4/c37-21-1-15-31-29(17-21)41-35(49-31)47-19-33(43)39-23-3-7-25(8-4-23)45-27-11-13-28(14-12-27)46-26-9-5-24(6-10-26)40-34(44)20-48-36-42-30-18-22(38)2-16-32(30)50-36/h1-18H,19-20H2,(H,39,43)(H,40,44). The van der Waals surface area contributed by atoms with Crippen LogP contribution < -0.4 is 20.1 Å². The number of halogens is 2. The van der Waals surface area contributed by atoms with E-state index in [0.717, 1.165) is 29.1 Å². The van der Waals surface area contributed by atoms with E-state index in [0.29, 0.717) is 44.4 Å². The van der Waals surface area contributed by atoms with Crippen LogP contribution >= 0.6 is 69.4 Å². The topological polar surface area (TPSA) is 102 Å². The monoisotopic (exact) mass is 774 g/mol. The molecule has 2 aromatic heterocycles. The van der Waals surface area contributed by atoms with Crippen molar-refractivity contribution in [2.75, 3.05) is 22.1 Å². The predicted octanol–water partition coefficient (Wildman–Crippen LogP) is 11.3. The zero-order valence-electron chi connectivity index (χ0n) is 25.7. The lowest BCUT2D eigenvalue weighted by Gasteiger charge is -2.10. The Morgan fingerprint density at radius 1 is 0.560 bits per heavy atom. The summed E-state index contributed by atoms with van der Waals surface area (Å²) in [5.74, 6) is 2.74. The molecule has 0 radical (unpaired) electrons. The average Bonchev–Trinajstić information content (AvgIpc) is 3.72. The van der Waals surface area contributed by atoms with Crippen LogP contribution in [0.15, 0.2) is 118 Å². The number of thioether (sulfide) groups is 2. The van der Waals surface area contributed by atoms with E-state index in [9.17, 15) is 9.59 Å². The van der Waals surface area contributed by atoms with Crippen LogP contribution in [0.2, 0.25) is 10.0 Å². The molecule has 0 fully saturated rings. The first kappa shape index (κ1) is 34.2. The molecule has 0 atom stereocenters. The van der Waals surface area contributed by atoms with Gasteiger partial charge in [-0.15, -0.1) is 22.7 Å². The molecular formula is C36H24Cl2N4O4S4. The van der Waals surface area contributed by atoms with Crippen molar-refractivity contribution in [2.45, 2.75) is 8.68 Å². The van der Waals surface area contributed by atoms with Crippen LogP contribution in [-0.4, -0.2) is 33.3 Å². The Hall–Kier alpha value is -4.30. The van der Waals surface area contributed by atoms with Gasteiger partial charge < -0.3 is 20.1 Å². The molecule has 2 N–H and O–H groups in total. The SMILES string of the molecule is O=C(CSc1nc2cc(Cl)ccc2s1)Nc1ccc(Oc2ccc(Oc3ccc(NC(=O)CSc4nc5cc(Cl)ccc5s4)cc3)cc2)cc1. The number of amides is 2. The van der Waals surface area contributed by atoms with Gasteiger partial charge >= 0.3 is 0 Å². The lowest BCUT2D eigenvalue weighted by molar-refractivity contribution is -0.114. The molecule has 250 valence electrons. The zero-order chi connectivity index (χ0) is 34.5. The predicted molar refractivity (Wildman–Crippen MR) is 207 cm³/mol. The van der Waals surface area contributed by atoms with Crippen molar-refractivity contribution in [3.8, 4) is 23.0 Å². The quantitative estimate of drug-likeness (QED) is 0.118. The Morgan fingerprint density at radius 3 is 1.30 bits per heavy atom. The number of carbonyl (C=O) groups is 2. The van der Waals surface area contributed by atoms with Crippen LogP contribution in [0.1, 0.15) is 0 Å². The maximum Gasteiger partial charge on any atom is 0.234 e. The highest BCUT2D eigenvalue weighted by molar-refractivity contribution is 8.02.